The van der Waals surface area contributed by atoms with Crippen molar-refractivity contribution < 1.29 is 5.11 Å². The molecule has 0 bridgehead atoms. The van der Waals surface area contributed by atoms with Crippen LogP contribution in [0.5, 0.6) is 0 Å². The molecular weight excluding hydrogens is 196 g/mol. The van der Waals surface area contributed by atoms with Crippen molar-refractivity contribution in [1.29, 1.82) is 0 Å². The third kappa shape index (κ3) is 23.2. The van der Waals surface area contributed by atoms with Gasteiger partial charge in [-0.25, -0.2) is 0 Å². The summed E-state index contributed by atoms with van der Waals surface area (Å²) in [4.78, 5) is 0. The first-order valence-corrected chi connectivity index (χ1v) is 6.35. The minimum absolute atomic E-state index is 0.423. The lowest BCUT2D eigenvalue weighted by atomic mass is 10.1. The van der Waals surface area contributed by atoms with Crippen LogP contribution >= 0.6 is 0 Å². The molecule has 0 saturated carbocycles. The molecular formula is C15H32O. The summed E-state index contributed by atoms with van der Waals surface area (Å²) in [5.74, 6) is 0. The van der Waals surface area contributed by atoms with Crippen molar-refractivity contribution in [2.24, 2.45) is 0 Å². The van der Waals surface area contributed by atoms with E-state index in [4.69, 9.17) is 5.11 Å². The molecule has 0 amide bonds. The van der Waals surface area contributed by atoms with E-state index < -0.39 is 6.10 Å². The Hall–Kier alpha value is -0.820. The lowest BCUT2D eigenvalue weighted by Crippen LogP contribution is -2.00. The smallest absolute Gasteiger partial charge is 0.0761 e. The van der Waals surface area contributed by atoms with E-state index >= 15 is 0 Å². The number of rotatable bonds is 3. The van der Waals surface area contributed by atoms with E-state index in [1.165, 1.54) is 0 Å². The Labute approximate surface area is 104 Å². The second-order valence-electron chi connectivity index (χ2n) is 2.07. The highest BCUT2D eigenvalue weighted by molar-refractivity contribution is 5.24. The summed E-state index contributed by atoms with van der Waals surface area (Å²) in [6.07, 6.45) is 6.87. The second-order valence-corrected chi connectivity index (χ2v) is 2.07. The fourth-order valence-electron chi connectivity index (χ4n) is 0.585. The van der Waals surface area contributed by atoms with Gasteiger partial charge in [0.15, 0.2) is 0 Å². The van der Waals surface area contributed by atoms with Crippen molar-refractivity contribution in [3.05, 3.63) is 36.5 Å². The number of hydrogen-bond donors (Lipinski definition) is 1. The third-order valence-corrected chi connectivity index (χ3v) is 1.20. The summed E-state index contributed by atoms with van der Waals surface area (Å²) in [7, 11) is 0. The molecule has 0 aromatic carbocycles. The standard InChI is InChI=1S/C9H14O.3C2H6/c1-4-6-7-9(5-2)8(3)10;3*1-2/h4-8,10H,2H2,1,3H3;3*1-2H3/b6-4-,9-7+;;;. The predicted molar refractivity (Wildman–Crippen MR) is 78.8 cm³/mol. The summed E-state index contributed by atoms with van der Waals surface area (Å²) < 4.78 is 0. The largest absolute Gasteiger partial charge is 0.389 e. The molecule has 1 atom stereocenters. The Bertz CT molecular complexity index is 153. The van der Waals surface area contributed by atoms with Crippen molar-refractivity contribution >= 4 is 0 Å². The van der Waals surface area contributed by atoms with Crippen molar-refractivity contribution in [1.82, 2.24) is 0 Å². The SMILES string of the molecule is C=C/C(=C\C=C/C)C(C)O.CC.CC.CC. The van der Waals surface area contributed by atoms with Gasteiger partial charge in [0.2, 0.25) is 0 Å². The highest BCUT2D eigenvalue weighted by atomic mass is 16.3. The van der Waals surface area contributed by atoms with Crippen molar-refractivity contribution in [2.45, 2.75) is 61.5 Å². The van der Waals surface area contributed by atoms with E-state index in [0.717, 1.165) is 5.57 Å². The molecule has 0 aliphatic carbocycles. The Balaban J connectivity index is -0.000000103. The van der Waals surface area contributed by atoms with Gasteiger partial charge in [-0.05, 0) is 19.4 Å². The van der Waals surface area contributed by atoms with E-state index in [1.54, 1.807) is 13.0 Å². The van der Waals surface area contributed by atoms with Crippen molar-refractivity contribution in [2.75, 3.05) is 0 Å². The zero-order chi connectivity index (χ0) is 14.0. The van der Waals surface area contributed by atoms with Crippen LogP contribution in [0.25, 0.3) is 0 Å². The van der Waals surface area contributed by atoms with Gasteiger partial charge in [-0.3, -0.25) is 0 Å². The van der Waals surface area contributed by atoms with Crippen LogP contribution in [0, 0.1) is 0 Å². The molecule has 0 aromatic rings. The zero-order valence-electron chi connectivity index (χ0n) is 12.5. The maximum atomic E-state index is 9.07. The van der Waals surface area contributed by atoms with Crippen LogP contribution in [-0.4, -0.2) is 11.2 Å². The normalized spacial score (nSPS) is 10.9. The highest BCUT2D eigenvalue weighted by Gasteiger charge is 1.96. The number of allylic oxidation sites excluding steroid dienone is 3. The Morgan fingerprint density at radius 3 is 1.62 bits per heavy atom. The highest BCUT2D eigenvalue weighted by Crippen LogP contribution is 2.02. The number of aliphatic hydroxyl groups excluding tert-OH is 1. The molecule has 0 heterocycles. The molecule has 0 spiro atoms. The van der Waals surface area contributed by atoms with Gasteiger partial charge in [0, 0.05) is 0 Å². The fraction of sp³-hybridized carbons (Fsp3) is 0.600. The lowest BCUT2D eigenvalue weighted by molar-refractivity contribution is 0.235. The number of aliphatic hydroxyl groups is 1. The van der Waals surface area contributed by atoms with E-state index in [1.807, 2.05) is 66.7 Å². The van der Waals surface area contributed by atoms with Crippen LogP contribution in [0.15, 0.2) is 36.5 Å². The van der Waals surface area contributed by atoms with Gasteiger partial charge in [0.25, 0.3) is 0 Å². The van der Waals surface area contributed by atoms with Gasteiger partial charge in [-0.2, -0.15) is 0 Å². The van der Waals surface area contributed by atoms with E-state index in [0.29, 0.717) is 0 Å². The molecule has 0 aromatic heterocycles. The Kier molecular flexibility index (Phi) is 44.6. The maximum absolute atomic E-state index is 9.07. The van der Waals surface area contributed by atoms with Crippen LogP contribution in [0.1, 0.15) is 55.4 Å². The molecule has 0 fully saturated rings. The maximum Gasteiger partial charge on any atom is 0.0761 e. The molecule has 98 valence electrons. The predicted octanol–water partition coefficient (Wildman–Crippen LogP) is 5.13. The third-order valence-electron chi connectivity index (χ3n) is 1.20. The van der Waals surface area contributed by atoms with Crippen molar-refractivity contribution in [3.8, 4) is 0 Å². The molecule has 1 nitrogen and oxygen atoms in total. The minimum Gasteiger partial charge on any atom is -0.389 e. The van der Waals surface area contributed by atoms with Crippen LogP contribution in [0.2, 0.25) is 0 Å². The van der Waals surface area contributed by atoms with Gasteiger partial charge in [-0.1, -0.05) is 72.4 Å². The summed E-state index contributed by atoms with van der Waals surface area (Å²) in [5.41, 5.74) is 0.845. The summed E-state index contributed by atoms with van der Waals surface area (Å²) in [6.45, 7) is 19.2. The number of hydrogen-bond acceptors (Lipinski definition) is 1. The molecule has 16 heavy (non-hydrogen) atoms. The molecule has 0 radical (unpaired) electrons. The van der Waals surface area contributed by atoms with Gasteiger partial charge >= 0.3 is 0 Å². The quantitative estimate of drug-likeness (QED) is 0.664. The van der Waals surface area contributed by atoms with Gasteiger partial charge in [0.1, 0.15) is 0 Å². The average molecular weight is 228 g/mol. The monoisotopic (exact) mass is 228 g/mol. The van der Waals surface area contributed by atoms with Crippen molar-refractivity contribution in [3.63, 3.8) is 0 Å². The second kappa shape index (κ2) is 29.2. The van der Waals surface area contributed by atoms with Gasteiger partial charge in [-0.15, -0.1) is 0 Å². The molecule has 1 unspecified atom stereocenters. The molecule has 0 rings (SSSR count). The first kappa shape index (κ1) is 24.4. The molecule has 1 heteroatoms. The van der Waals surface area contributed by atoms with Crippen LogP contribution in [-0.2, 0) is 0 Å². The van der Waals surface area contributed by atoms with Gasteiger partial charge in [0.05, 0.1) is 6.10 Å². The topological polar surface area (TPSA) is 20.2 Å². The molecule has 1 N–H and O–H groups in total. The average Bonchev–Trinajstić information content (AvgIpc) is 2.37. The first-order chi connectivity index (χ1) is 7.72. The van der Waals surface area contributed by atoms with Crippen LogP contribution < -0.4 is 0 Å². The first-order valence-electron chi connectivity index (χ1n) is 6.35. The van der Waals surface area contributed by atoms with E-state index in [2.05, 4.69) is 6.58 Å². The molecule has 0 aliphatic heterocycles. The Morgan fingerprint density at radius 2 is 1.44 bits per heavy atom. The summed E-state index contributed by atoms with van der Waals surface area (Å²) in [5, 5.41) is 9.07. The Morgan fingerprint density at radius 1 is 1.06 bits per heavy atom. The molecule has 0 saturated heterocycles. The molecule has 0 aliphatic rings. The zero-order valence-corrected chi connectivity index (χ0v) is 12.5. The lowest BCUT2D eigenvalue weighted by Gasteiger charge is -2.01. The summed E-state index contributed by atoms with van der Waals surface area (Å²) in [6, 6.07) is 0. The van der Waals surface area contributed by atoms with Crippen LogP contribution in [0.4, 0.5) is 0 Å². The fourth-order valence-corrected chi connectivity index (χ4v) is 0.585. The van der Waals surface area contributed by atoms with Crippen LogP contribution in [0.3, 0.4) is 0 Å². The van der Waals surface area contributed by atoms with E-state index in [9.17, 15) is 0 Å². The van der Waals surface area contributed by atoms with E-state index in [-0.39, 0.29) is 0 Å². The minimum atomic E-state index is -0.423. The summed E-state index contributed by atoms with van der Waals surface area (Å²) >= 11 is 0. The van der Waals surface area contributed by atoms with Gasteiger partial charge < -0.3 is 5.11 Å².